The summed E-state index contributed by atoms with van der Waals surface area (Å²) in [5.74, 6) is 1.40. The standard InChI is InChI=1S/C23H20BrIN4O4S/c1-3-19-28-29-21(26)16(22(30)27-23(29)34-19)10-13-11-17(25)20(18(12-13)31-2)33-9-8-32-15-6-4-14(24)5-7-15/h4-7,10-12,26H,3,8-9H2,1-2H3/b16-10+,26-21?. The number of amidine groups is 2. The summed E-state index contributed by atoms with van der Waals surface area (Å²) in [5.41, 5.74) is 0.859. The second kappa shape index (κ2) is 10.9. The fourth-order valence-corrected chi connectivity index (χ4v) is 5.01. The van der Waals surface area contributed by atoms with E-state index >= 15 is 0 Å². The molecule has 34 heavy (non-hydrogen) atoms. The first-order valence-electron chi connectivity index (χ1n) is 10.3. The molecule has 0 aliphatic carbocycles. The van der Waals surface area contributed by atoms with Gasteiger partial charge >= 0.3 is 0 Å². The zero-order chi connectivity index (χ0) is 24.2. The summed E-state index contributed by atoms with van der Waals surface area (Å²) in [7, 11) is 1.56. The van der Waals surface area contributed by atoms with Crippen LogP contribution in [0.2, 0.25) is 0 Å². The number of benzene rings is 2. The quantitative estimate of drug-likeness (QED) is 0.228. The number of aliphatic imine (C=N–C) groups is 1. The summed E-state index contributed by atoms with van der Waals surface area (Å²) in [5, 5.41) is 15.5. The van der Waals surface area contributed by atoms with E-state index in [0.29, 0.717) is 41.9 Å². The van der Waals surface area contributed by atoms with Crippen molar-refractivity contribution in [1.29, 1.82) is 5.41 Å². The van der Waals surface area contributed by atoms with Crippen molar-refractivity contribution in [1.82, 2.24) is 5.01 Å². The number of nitrogens with zero attached hydrogens (tertiary/aromatic N) is 3. The van der Waals surface area contributed by atoms with Crippen LogP contribution in [0.1, 0.15) is 18.9 Å². The van der Waals surface area contributed by atoms with Gasteiger partial charge in [0.1, 0.15) is 24.0 Å². The molecule has 2 aromatic carbocycles. The molecule has 0 atom stereocenters. The molecule has 0 unspecified atom stereocenters. The highest BCUT2D eigenvalue weighted by molar-refractivity contribution is 14.1. The second-order valence-corrected chi connectivity index (χ2v) is 10.2. The van der Waals surface area contributed by atoms with Gasteiger partial charge in [0.25, 0.3) is 5.91 Å². The molecule has 1 N–H and O–H groups in total. The lowest BCUT2D eigenvalue weighted by molar-refractivity contribution is -0.114. The summed E-state index contributed by atoms with van der Waals surface area (Å²) in [4.78, 5) is 16.7. The van der Waals surface area contributed by atoms with Crippen molar-refractivity contribution < 1.29 is 19.0 Å². The van der Waals surface area contributed by atoms with E-state index in [0.717, 1.165) is 18.8 Å². The highest BCUT2D eigenvalue weighted by Crippen LogP contribution is 2.35. The molecule has 0 bridgehead atoms. The Kier molecular flexibility index (Phi) is 7.94. The van der Waals surface area contributed by atoms with Gasteiger partial charge in [0.05, 0.1) is 16.3 Å². The lowest BCUT2D eigenvalue weighted by Crippen LogP contribution is -2.35. The maximum absolute atomic E-state index is 12.6. The first-order chi connectivity index (χ1) is 16.4. The minimum Gasteiger partial charge on any atom is -0.493 e. The molecule has 0 radical (unpaired) electrons. The van der Waals surface area contributed by atoms with Gasteiger partial charge in [0, 0.05) is 4.47 Å². The maximum Gasteiger partial charge on any atom is 0.283 e. The molecule has 0 spiro atoms. The highest BCUT2D eigenvalue weighted by atomic mass is 127. The van der Waals surface area contributed by atoms with E-state index in [9.17, 15) is 4.79 Å². The molecule has 1 amide bonds. The third kappa shape index (κ3) is 5.47. The van der Waals surface area contributed by atoms with Crippen LogP contribution in [0.3, 0.4) is 0 Å². The number of fused-ring (bicyclic) bond motifs is 1. The molecule has 4 rings (SSSR count). The van der Waals surface area contributed by atoms with Gasteiger partial charge in [0.2, 0.25) is 5.17 Å². The molecular formula is C23H20BrIN4O4S. The Hall–Kier alpha value is -2.38. The number of hydrogen-bond acceptors (Lipinski definition) is 7. The molecule has 8 nitrogen and oxygen atoms in total. The molecule has 2 heterocycles. The van der Waals surface area contributed by atoms with Gasteiger partial charge in [-0.15, -0.1) is 0 Å². The number of methoxy groups -OCH3 is 1. The summed E-state index contributed by atoms with van der Waals surface area (Å²) in [6, 6.07) is 11.2. The fourth-order valence-electron chi connectivity index (χ4n) is 3.14. The van der Waals surface area contributed by atoms with E-state index in [4.69, 9.17) is 19.6 Å². The van der Waals surface area contributed by atoms with Crippen molar-refractivity contribution in [3.05, 3.63) is 55.6 Å². The number of rotatable bonds is 8. The molecule has 11 heteroatoms. The minimum atomic E-state index is -0.462. The number of hydrogen-bond donors (Lipinski definition) is 1. The normalized spacial score (nSPS) is 16.4. The highest BCUT2D eigenvalue weighted by Gasteiger charge is 2.35. The third-order valence-corrected chi connectivity index (χ3v) is 7.16. The number of thioether (sulfide) groups is 1. The zero-order valence-electron chi connectivity index (χ0n) is 18.3. The smallest absolute Gasteiger partial charge is 0.283 e. The van der Waals surface area contributed by atoms with Crippen molar-refractivity contribution in [3.63, 3.8) is 0 Å². The summed E-state index contributed by atoms with van der Waals surface area (Å²) >= 11 is 6.87. The van der Waals surface area contributed by atoms with Gasteiger partial charge in [-0.25, -0.2) is 0 Å². The van der Waals surface area contributed by atoms with Crippen LogP contribution in [0.5, 0.6) is 17.2 Å². The van der Waals surface area contributed by atoms with E-state index in [1.54, 1.807) is 19.3 Å². The van der Waals surface area contributed by atoms with Crippen LogP contribution in [0.15, 0.2) is 56.5 Å². The second-order valence-electron chi connectivity index (χ2n) is 7.05. The molecular weight excluding hydrogens is 635 g/mol. The predicted octanol–water partition coefficient (Wildman–Crippen LogP) is 5.55. The lowest BCUT2D eigenvalue weighted by atomic mass is 10.1. The van der Waals surface area contributed by atoms with E-state index in [1.165, 1.54) is 16.8 Å². The molecule has 0 saturated carbocycles. The van der Waals surface area contributed by atoms with E-state index in [1.807, 2.05) is 37.3 Å². The van der Waals surface area contributed by atoms with Crippen LogP contribution in [0.25, 0.3) is 6.08 Å². The Balaban J connectivity index is 1.48. The Labute approximate surface area is 223 Å². The molecule has 2 aliphatic rings. The maximum atomic E-state index is 12.6. The first kappa shape index (κ1) is 24.7. The van der Waals surface area contributed by atoms with Crippen LogP contribution < -0.4 is 14.2 Å². The number of carbonyl (C=O) groups excluding carboxylic acids is 1. The number of halogens is 2. The van der Waals surface area contributed by atoms with Crippen LogP contribution in [-0.4, -0.2) is 47.3 Å². The average molecular weight is 655 g/mol. The lowest BCUT2D eigenvalue weighted by Gasteiger charge is -2.20. The van der Waals surface area contributed by atoms with Crippen LogP contribution in [0, 0.1) is 8.98 Å². The molecule has 0 saturated heterocycles. The van der Waals surface area contributed by atoms with Crippen LogP contribution in [0.4, 0.5) is 0 Å². The Morgan fingerprint density at radius 1 is 1.21 bits per heavy atom. The van der Waals surface area contributed by atoms with Crippen molar-refractivity contribution in [2.45, 2.75) is 13.3 Å². The van der Waals surface area contributed by atoms with Crippen LogP contribution >= 0.6 is 50.3 Å². The summed E-state index contributed by atoms with van der Waals surface area (Å²) in [6.45, 7) is 2.67. The average Bonchev–Trinajstić information content (AvgIpc) is 3.24. The van der Waals surface area contributed by atoms with Gasteiger partial charge in [-0.05, 0) is 88.8 Å². The zero-order valence-corrected chi connectivity index (χ0v) is 22.9. The van der Waals surface area contributed by atoms with Gasteiger partial charge in [-0.3, -0.25) is 10.2 Å². The minimum absolute atomic E-state index is 0.00495. The number of amides is 1. The first-order valence-corrected chi connectivity index (χ1v) is 13.0. The number of nitrogens with one attached hydrogen (secondary N) is 1. The van der Waals surface area contributed by atoms with Gasteiger partial charge < -0.3 is 14.2 Å². The molecule has 2 aliphatic heterocycles. The molecule has 0 fully saturated rings. The van der Waals surface area contributed by atoms with Crippen molar-refractivity contribution in [2.75, 3.05) is 20.3 Å². The van der Waals surface area contributed by atoms with E-state index in [-0.39, 0.29) is 11.4 Å². The Morgan fingerprint density at radius 3 is 2.65 bits per heavy atom. The monoisotopic (exact) mass is 654 g/mol. The topological polar surface area (TPSA) is 96.6 Å². The van der Waals surface area contributed by atoms with Gasteiger partial charge in [-0.1, -0.05) is 22.9 Å². The molecule has 176 valence electrons. The fraction of sp³-hybridized carbons (Fsp3) is 0.217. The van der Waals surface area contributed by atoms with Crippen molar-refractivity contribution in [2.24, 2.45) is 10.1 Å². The number of carbonyl (C=O) groups is 1. The van der Waals surface area contributed by atoms with E-state index < -0.39 is 5.91 Å². The number of hydrazone groups is 1. The molecule has 2 aromatic rings. The predicted molar refractivity (Wildman–Crippen MR) is 146 cm³/mol. The number of ether oxygens (including phenoxy) is 3. The Morgan fingerprint density at radius 2 is 1.94 bits per heavy atom. The SMILES string of the molecule is CCC1=NN2C(=N)/C(=C\c3cc(I)c(OCCOc4ccc(Br)cc4)c(OC)c3)C(=O)N=C2S1. The molecule has 0 aromatic heterocycles. The summed E-state index contributed by atoms with van der Waals surface area (Å²) < 4.78 is 18.9. The Bertz CT molecular complexity index is 1230. The van der Waals surface area contributed by atoms with Crippen molar-refractivity contribution in [3.8, 4) is 17.2 Å². The summed E-state index contributed by atoms with van der Waals surface area (Å²) in [6.07, 6.45) is 2.34. The van der Waals surface area contributed by atoms with Crippen molar-refractivity contribution >= 4 is 78.3 Å². The third-order valence-electron chi connectivity index (χ3n) is 4.77. The van der Waals surface area contributed by atoms with Crippen LogP contribution in [-0.2, 0) is 4.79 Å². The van der Waals surface area contributed by atoms with E-state index in [2.05, 4.69) is 48.6 Å². The van der Waals surface area contributed by atoms with Gasteiger partial charge in [-0.2, -0.15) is 15.1 Å². The van der Waals surface area contributed by atoms with Gasteiger partial charge in [0.15, 0.2) is 17.3 Å². The largest absolute Gasteiger partial charge is 0.493 e.